The summed E-state index contributed by atoms with van der Waals surface area (Å²) in [7, 11) is 0. The van der Waals surface area contributed by atoms with Crippen molar-refractivity contribution in [3.05, 3.63) is 23.8 Å². The number of hydrogen-bond acceptors (Lipinski definition) is 2. The molecule has 4 rings (SSSR count). The molecule has 0 radical (unpaired) electrons. The summed E-state index contributed by atoms with van der Waals surface area (Å²) in [5, 5.41) is 9.95. The van der Waals surface area contributed by atoms with Crippen LogP contribution in [0, 0.1) is 17.8 Å². The van der Waals surface area contributed by atoms with Gasteiger partial charge in [0.15, 0.2) is 11.5 Å². The first kappa shape index (κ1) is 11.6. The van der Waals surface area contributed by atoms with Crippen molar-refractivity contribution in [3.63, 3.8) is 0 Å². The minimum atomic E-state index is 0.321. The fourth-order valence-electron chi connectivity index (χ4n) is 4.86. The van der Waals surface area contributed by atoms with Crippen LogP contribution in [0.25, 0.3) is 0 Å². The van der Waals surface area contributed by atoms with Gasteiger partial charge in [-0.15, -0.1) is 0 Å². The second kappa shape index (κ2) is 4.43. The molecule has 2 fully saturated rings. The largest absolute Gasteiger partial charge is 0.504 e. The summed E-state index contributed by atoms with van der Waals surface area (Å²) >= 11 is 0. The van der Waals surface area contributed by atoms with Crippen molar-refractivity contribution >= 4 is 0 Å². The molecule has 2 saturated carbocycles. The van der Waals surface area contributed by atoms with Crippen molar-refractivity contribution in [1.29, 1.82) is 0 Å². The normalized spacial score (nSPS) is 36.6. The number of fused-ring (bicyclic) bond motifs is 5. The van der Waals surface area contributed by atoms with E-state index in [1.165, 1.54) is 44.1 Å². The molecule has 2 nitrogen and oxygen atoms in total. The van der Waals surface area contributed by atoms with Crippen LogP contribution in [0.1, 0.15) is 50.0 Å². The summed E-state index contributed by atoms with van der Waals surface area (Å²) in [6.07, 6.45) is 8.31. The van der Waals surface area contributed by atoms with Gasteiger partial charge in [0.05, 0.1) is 6.61 Å². The summed E-state index contributed by atoms with van der Waals surface area (Å²) in [5.74, 6) is 4.20. The van der Waals surface area contributed by atoms with Gasteiger partial charge < -0.3 is 9.84 Å². The van der Waals surface area contributed by atoms with E-state index in [0.717, 1.165) is 24.2 Å². The SMILES string of the molecule is Oc1cccc2c1OCC1C2CCC2CCCCC21. The molecule has 4 atom stereocenters. The Labute approximate surface area is 114 Å². The fourth-order valence-corrected chi connectivity index (χ4v) is 4.86. The maximum Gasteiger partial charge on any atom is 0.164 e. The second-order valence-corrected chi connectivity index (χ2v) is 6.56. The van der Waals surface area contributed by atoms with Gasteiger partial charge in [0.2, 0.25) is 0 Å². The summed E-state index contributed by atoms with van der Waals surface area (Å²) < 4.78 is 5.92. The van der Waals surface area contributed by atoms with E-state index in [-0.39, 0.29) is 0 Å². The van der Waals surface area contributed by atoms with Gasteiger partial charge in [0, 0.05) is 11.5 Å². The lowest BCUT2D eigenvalue weighted by molar-refractivity contribution is 0.0353. The summed E-state index contributed by atoms with van der Waals surface area (Å²) in [4.78, 5) is 0. The molecular weight excluding hydrogens is 236 g/mol. The third-order valence-electron chi connectivity index (χ3n) is 5.73. The molecular formula is C17H22O2. The van der Waals surface area contributed by atoms with E-state index in [1.54, 1.807) is 6.07 Å². The Hall–Kier alpha value is -1.18. The van der Waals surface area contributed by atoms with Gasteiger partial charge in [0.25, 0.3) is 0 Å². The van der Waals surface area contributed by atoms with Gasteiger partial charge in [0.1, 0.15) is 0 Å². The van der Waals surface area contributed by atoms with Gasteiger partial charge in [-0.3, -0.25) is 0 Å². The zero-order chi connectivity index (χ0) is 12.8. The molecule has 0 aromatic heterocycles. The minimum Gasteiger partial charge on any atom is -0.504 e. The number of aromatic hydroxyl groups is 1. The van der Waals surface area contributed by atoms with Crippen LogP contribution >= 0.6 is 0 Å². The van der Waals surface area contributed by atoms with E-state index in [1.807, 2.05) is 6.07 Å². The number of phenols is 1. The van der Waals surface area contributed by atoms with Gasteiger partial charge in [-0.05, 0) is 43.1 Å². The third-order valence-corrected chi connectivity index (χ3v) is 5.73. The van der Waals surface area contributed by atoms with Crippen LogP contribution in [0.4, 0.5) is 0 Å². The number of benzene rings is 1. The predicted molar refractivity (Wildman–Crippen MR) is 74.5 cm³/mol. The lowest BCUT2D eigenvalue weighted by Crippen LogP contribution is -2.41. The van der Waals surface area contributed by atoms with Crippen LogP contribution in [0.5, 0.6) is 11.5 Å². The van der Waals surface area contributed by atoms with Crippen molar-refractivity contribution in [2.75, 3.05) is 6.61 Å². The Morgan fingerprint density at radius 2 is 1.89 bits per heavy atom. The number of hydrogen-bond donors (Lipinski definition) is 1. The lowest BCUT2D eigenvalue weighted by atomic mass is 9.60. The highest BCUT2D eigenvalue weighted by Gasteiger charge is 2.44. The van der Waals surface area contributed by atoms with Crippen molar-refractivity contribution in [2.45, 2.75) is 44.4 Å². The summed E-state index contributed by atoms with van der Waals surface area (Å²) in [6.45, 7) is 0.816. The molecule has 0 bridgehead atoms. The smallest absolute Gasteiger partial charge is 0.164 e. The van der Waals surface area contributed by atoms with Crippen molar-refractivity contribution < 1.29 is 9.84 Å². The monoisotopic (exact) mass is 258 g/mol. The maximum absolute atomic E-state index is 9.95. The lowest BCUT2D eigenvalue weighted by Gasteiger charge is -2.48. The highest BCUT2D eigenvalue weighted by atomic mass is 16.5. The zero-order valence-electron chi connectivity index (χ0n) is 11.3. The maximum atomic E-state index is 9.95. The van der Waals surface area contributed by atoms with Crippen LogP contribution in [-0.4, -0.2) is 11.7 Å². The van der Waals surface area contributed by atoms with Gasteiger partial charge in [-0.2, -0.15) is 0 Å². The quantitative estimate of drug-likeness (QED) is 0.759. The Morgan fingerprint density at radius 3 is 2.84 bits per heavy atom. The zero-order valence-corrected chi connectivity index (χ0v) is 11.3. The van der Waals surface area contributed by atoms with Gasteiger partial charge in [-0.25, -0.2) is 0 Å². The Kier molecular flexibility index (Phi) is 2.71. The molecule has 1 aliphatic heterocycles. The fraction of sp³-hybridized carbons (Fsp3) is 0.647. The van der Waals surface area contributed by atoms with Gasteiger partial charge in [-0.1, -0.05) is 31.4 Å². The van der Waals surface area contributed by atoms with E-state index in [4.69, 9.17) is 4.74 Å². The molecule has 1 N–H and O–H groups in total. The van der Waals surface area contributed by atoms with E-state index >= 15 is 0 Å². The topological polar surface area (TPSA) is 29.5 Å². The Morgan fingerprint density at radius 1 is 1.00 bits per heavy atom. The summed E-state index contributed by atoms with van der Waals surface area (Å²) in [5.41, 5.74) is 1.26. The summed E-state index contributed by atoms with van der Waals surface area (Å²) in [6, 6.07) is 5.87. The molecule has 0 saturated heterocycles. The molecule has 102 valence electrons. The number of para-hydroxylation sites is 1. The molecule has 0 amide bonds. The molecule has 3 aliphatic rings. The Bertz CT molecular complexity index is 482. The average Bonchev–Trinajstić information content (AvgIpc) is 2.47. The molecule has 0 spiro atoms. The number of rotatable bonds is 0. The molecule has 2 heteroatoms. The van der Waals surface area contributed by atoms with Gasteiger partial charge >= 0.3 is 0 Å². The molecule has 4 unspecified atom stereocenters. The van der Waals surface area contributed by atoms with E-state index in [9.17, 15) is 5.11 Å². The van der Waals surface area contributed by atoms with Crippen LogP contribution in [-0.2, 0) is 0 Å². The molecule has 1 aromatic carbocycles. The highest BCUT2D eigenvalue weighted by Crippen LogP contribution is 2.54. The molecule has 1 heterocycles. The van der Waals surface area contributed by atoms with E-state index < -0.39 is 0 Å². The van der Waals surface area contributed by atoms with Crippen LogP contribution in [0.2, 0.25) is 0 Å². The molecule has 19 heavy (non-hydrogen) atoms. The van der Waals surface area contributed by atoms with E-state index in [0.29, 0.717) is 17.6 Å². The van der Waals surface area contributed by atoms with Crippen LogP contribution in [0.3, 0.4) is 0 Å². The average molecular weight is 258 g/mol. The Balaban J connectivity index is 1.69. The minimum absolute atomic E-state index is 0.321. The van der Waals surface area contributed by atoms with Crippen molar-refractivity contribution in [3.8, 4) is 11.5 Å². The first-order valence-electron chi connectivity index (χ1n) is 7.79. The first-order chi connectivity index (χ1) is 9.34. The van der Waals surface area contributed by atoms with Crippen molar-refractivity contribution in [2.24, 2.45) is 17.8 Å². The van der Waals surface area contributed by atoms with Crippen LogP contribution < -0.4 is 4.74 Å². The standard InChI is InChI=1S/C17H22O2/c18-16-7-3-6-14-13-9-8-11-4-1-2-5-12(11)15(13)10-19-17(14)16/h3,6-7,11-13,15,18H,1-2,4-5,8-10H2. The predicted octanol–water partition coefficient (Wildman–Crippen LogP) is 4.08. The number of ether oxygens (including phenoxy) is 1. The molecule has 1 aromatic rings. The molecule has 2 aliphatic carbocycles. The van der Waals surface area contributed by atoms with Crippen molar-refractivity contribution in [1.82, 2.24) is 0 Å². The first-order valence-corrected chi connectivity index (χ1v) is 7.79. The third kappa shape index (κ3) is 1.76. The second-order valence-electron chi connectivity index (χ2n) is 6.56. The van der Waals surface area contributed by atoms with E-state index in [2.05, 4.69) is 6.07 Å². The highest BCUT2D eigenvalue weighted by molar-refractivity contribution is 5.49. The van der Waals surface area contributed by atoms with Crippen LogP contribution in [0.15, 0.2) is 18.2 Å². The number of phenolic OH excluding ortho intramolecular Hbond substituents is 1.